The summed E-state index contributed by atoms with van der Waals surface area (Å²) in [6.07, 6.45) is 1.49. The van der Waals surface area contributed by atoms with Gasteiger partial charge in [-0.15, -0.1) is 0 Å². The molecule has 2 N–H and O–H groups in total. The standard InChI is InChI=1S/C19H19Cl2N3O2/c1-12-6-7-15(10-13(12)2)23-17(25)8-9-18(26)24-22-11-14-4-3-5-16(20)19(14)21/h3-7,10-11H,8-9H2,1-2H3,(H,23,25)(H,24,26). The quantitative estimate of drug-likeness (QED) is 0.562. The zero-order chi connectivity index (χ0) is 19.1. The third-order valence-corrected chi connectivity index (χ3v) is 4.58. The molecule has 0 atom stereocenters. The molecule has 136 valence electrons. The number of anilines is 1. The molecule has 0 aliphatic carbocycles. The molecule has 0 radical (unpaired) electrons. The number of benzene rings is 2. The Morgan fingerprint density at radius 3 is 2.50 bits per heavy atom. The second kappa shape index (κ2) is 9.36. The molecular weight excluding hydrogens is 373 g/mol. The van der Waals surface area contributed by atoms with E-state index in [9.17, 15) is 9.59 Å². The van der Waals surface area contributed by atoms with Crippen LogP contribution in [0.25, 0.3) is 0 Å². The van der Waals surface area contributed by atoms with Gasteiger partial charge in [0.2, 0.25) is 11.8 Å². The molecule has 0 saturated carbocycles. The van der Waals surface area contributed by atoms with Crippen molar-refractivity contribution >= 4 is 46.9 Å². The number of halogens is 2. The summed E-state index contributed by atoms with van der Waals surface area (Å²) < 4.78 is 0. The maximum atomic E-state index is 11.9. The smallest absolute Gasteiger partial charge is 0.240 e. The SMILES string of the molecule is Cc1ccc(NC(=O)CCC(=O)NN=Cc2cccc(Cl)c2Cl)cc1C. The van der Waals surface area contributed by atoms with Crippen LogP contribution in [-0.4, -0.2) is 18.0 Å². The highest BCUT2D eigenvalue weighted by molar-refractivity contribution is 6.43. The van der Waals surface area contributed by atoms with E-state index < -0.39 is 0 Å². The maximum absolute atomic E-state index is 11.9. The predicted octanol–water partition coefficient (Wildman–Crippen LogP) is 4.48. The summed E-state index contributed by atoms with van der Waals surface area (Å²) in [5.74, 6) is -0.597. The van der Waals surface area contributed by atoms with Crippen molar-refractivity contribution in [2.45, 2.75) is 26.7 Å². The Balaban J connectivity index is 1.79. The molecule has 0 aromatic heterocycles. The van der Waals surface area contributed by atoms with Crippen molar-refractivity contribution in [2.24, 2.45) is 5.10 Å². The zero-order valence-corrected chi connectivity index (χ0v) is 16.0. The number of aryl methyl sites for hydroxylation is 2. The number of hydrazone groups is 1. The van der Waals surface area contributed by atoms with Crippen molar-refractivity contribution in [1.82, 2.24) is 5.43 Å². The minimum Gasteiger partial charge on any atom is -0.326 e. The van der Waals surface area contributed by atoms with Crippen molar-refractivity contribution in [3.8, 4) is 0 Å². The Bertz CT molecular complexity index is 851. The van der Waals surface area contributed by atoms with Crippen LogP contribution in [0.3, 0.4) is 0 Å². The fourth-order valence-electron chi connectivity index (χ4n) is 2.12. The number of rotatable bonds is 6. The number of amides is 2. The Labute approximate surface area is 162 Å². The third-order valence-electron chi connectivity index (χ3n) is 3.74. The molecule has 0 unspecified atom stereocenters. The summed E-state index contributed by atoms with van der Waals surface area (Å²) in [5.41, 5.74) is 5.91. The van der Waals surface area contributed by atoms with Gasteiger partial charge in [-0.1, -0.05) is 41.4 Å². The van der Waals surface area contributed by atoms with Gasteiger partial charge in [-0.25, -0.2) is 5.43 Å². The van der Waals surface area contributed by atoms with Gasteiger partial charge in [0, 0.05) is 24.1 Å². The summed E-state index contributed by atoms with van der Waals surface area (Å²) in [6, 6.07) is 10.8. The van der Waals surface area contributed by atoms with E-state index in [1.165, 1.54) is 6.21 Å². The van der Waals surface area contributed by atoms with Crippen LogP contribution in [0.5, 0.6) is 0 Å². The first-order chi connectivity index (χ1) is 12.4. The van der Waals surface area contributed by atoms with Gasteiger partial charge in [0.05, 0.1) is 16.3 Å². The summed E-state index contributed by atoms with van der Waals surface area (Å²) in [5, 5.41) is 7.37. The van der Waals surface area contributed by atoms with E-state index in [1.807, 2.05) is 32.0 Å². The average Bonchev–Trinajstić information content (AvgIpc) is 2.60. The Morgan fingerprint density at radius 2 is 1.77 bits per heavy atom. The largest absolute Gasteiger partial charge is 0.326 e. The van der Waals surface area contributed by atoms with Crippen LogP contribution in [-0.2, 0) is 9.59 Å². The lowest BCUT2D eigenvalue weighted by Gasteiger charge is -2.07. The maximum Gasteiger partial charge on any atom is 0.240 e. The van der Waals surface area contributed by atoms with E-state index in [1.54, 1.807) is 18.2 Å². The zero-order valence-electron chi connectivity index (χ0n) is 14.5. The second-order valence-corrected chi connectivity index (χ2v) is 6.57. The number of hydrogen-bond acceptors (Lipinski definition) is 3. The van der Waals surface area contributed by atoms with Gasteiger partial charge in [0.1, 0.15) is 0 Å². The number of hydrogen-bond donors (Lipinski definition) is 2. The topological polar surface area (TPSA) is 70.6 Å². The number of nitrogens with zero attached hydrogens (tertiary/aromatic N) is 1. The highest BCUT2D eigenvalue weighted by atomic mass is 35.5. The average molecular weight is 392 g/mol. The molecule has 2 aromatic carbocycles. The Kier molecular flexibility index (Phi) is 7.18. The minimum atomic E-state index is -0.366. The highest BCUT2D eigenvalue weighted by Gasteiger charge is 2.07. The van der Waals surface area contributed by atoms with Crippen molar-refractivity contribution in [1.29, 1.82) is 0 Å². The molecule has 26 heavy (non-hydrogen) atoms. The fourth-order valence-corrected chi connectivity index (χ4v) is 2.48. The van der Waals surface area contributed by atoms with Gasteiger partial charge in [0.15, 0.2) is 0 Å². The molecule has 0 aliphatic heterocycles. The van der Waals surface area contributed by atoms with Crippen LogP contribution in [0.4, 0.5) is 5.69 Å². The van der Waals surface area contributed by atoms with Crippen molar-refractivity contribution in [2.75, 3.05) is 5.32 Å². The fraction of sp³-hybridized carbons (Fsp3) is 0.211. The van der Waals surface area contributed by atoms with Crippen LogP contribution < -0.4 is 10.7 Å². The first-order valence-electron chi connectivity index (χ1n) is 8.00. The molecule has 5 nitrogen and oxygen atoms in total. The molecule has 0 aliphatic rings. The molecule has 0 bridgehead atoms. The van der Waals surface area contributed by atoms with Crippen molar-refractivity contribution < 1.29 is 9.59 Å². The summed E-state index contributed by atoms with van der Waals surface area (Å²) >= 11 is 11.9. The van der Waals surface area contributed by atoms with Gasteiger partial charge >= 0.3 is 0 Å². The van der Waals surface area contributed by atoms with E-state index >= 15 is 0 Å². The lowest BCUT2D eigenvalue weighted by atomic mass is 10.1. The number of carbonyl (C=O) groups is 2. The van der Waals surface area contributed by atoms with E-state index in [-0.39, 0.29) is 24.7 Å². The van der Waals surface area contributed by atoms with Gasteiger partial charge in [-0.3, -0.25) is 9.59 Å². The lowest BCUT2D eigenvalue weighted by molar-refractivity contribution is -0.124. The van der Waals surface area contributed by atoms with Gasteiger partial charge in [-0.05, 0) is 43.2 Å². The van der Waals surface area contributed by atoms with Gasteiger partial charge < -0.3 is 5.32 Å². The minimum absolute atomic E-state index is 0.0251. The van der Waals surface area contributed by atoms with Crippen LogP contribution in [0.1, 0.15) is 29.5 Å². The molecule has 2 aromatic rings. The van der Waals surface area contributed by atoms with Gasteiger partial charge in [0.25, 0.3) is 0 Å². The molecule has 0 spiro atoms. The summed E-state index contributed by atoms with van der Waals surface area (Å²) in [6.45, 7) is 3.98. The molecule has 7 heteroatoms. The molecule has 2 rings (SSSR count). The van der Waals surface area contributed by atoms with Crippen molar-refractivity contribution in [3.05, 3.63) is 63.1 Å². The van der Waals surface area contributed by atoms with Crippen LogP contribution >= 0.6 is 23.2 Å². The molecule has 0 saturated heterocycles. The molecular formula is C19H19Cl2N3O2. The number of nitrogens with one attached hydrogen (secondary N) is 2. The summed E-state index contributed by atoms with van der Waals surface area (Å²) in [7, 11) is 0. The Morgan fingerprint density at radius 1 is 1.04 bits per heavy atom. The molecule has 0 heterocycles. The predicted molar refractivity (Wildman–Crippen MR) is 106 cm³/mol. The first kappa shape index (κ1) is 19.9. The molecule has 2 amide bonds. The third kappa shape index (κ3) is 5.86. The van der Waals surface area contributed by atoms with E-state index in [2.05, 4.69) is 15.8 Å². The Hall–Kier alpha value is -2.37. The van der Waals surface area contributed by atoms with Crippen LogP contribution in [0.15, 0.2) is 41.5 Å². The monoisotopic (exact) mass is 391 g/mol. The number of carbonyl (C=O) groups excluding carboxylic acids is 2. The highest BCUT2D eigenvalue weighted by Crippen LogP contribution is 2.24. The van der Waals surface area contributed by atoms with E-state index in [4.69, 9.17) is 23.2 Å². The van der Waals surface area contributed by atoms with Crippen molar-refractivity contribution in [3.63, 3.8) is 0 Å². The summed E-state index contributed by atoms with van der Waals surface area (Å²) in [4.78, 5) is 23.7. The normalized spacial score (nSPS) is 10.8. The van der Waals surface area contributed by atoms with Crippen LogP contribution in [0, 0.1) is 13.8 Å². The lowest BCUT2D eigenvalue weighted by Crippen LogP contribution is -2.20. The van der Waals surface area contributed by atoms with E-state index in [0.29, 0.717) is 21.3 Å². The van der Waals surface area contributed by atoms with E-state index in [0.717, 1.165) is 11.1 Å². The second-order valence-electron chi connectivity index (χ2n) is 5.78. The van der Waals surface area contributed by atoms with Crippen LogP contribution in [0.2, 0.25) is 10.0 Å². The van der Waals surface area contributed by atoms with Gasteiger partial charge in [-0.2, -0.15) is 5.10 Å². The molecule has 0 fully saturated rings. The first-order valence-corrected chi connectivity index (χ1v) is 8.75.